The molecule has 0 aromatic heterocycles. The summed E-state index contributed by atoms with van der Waals surface area (Å²) in [6.07, 6.45) is 0. The van der Waals surface area contributed by atoms with Crippen molar-refractivity contribution in [3.8, 4) is 17.2 Å². The third-order valence-electron chi connectivity index (χ3n) is 2.97. The topological polar surface area (TPSA) is 68.8 Å². The second-order valence-corrected chi connectivity index (χ2v) is 4.61. The molecule has 20 heavy (non-hydrogen) atoms. The highest BCUT2D eigenvalue weighted by Gasteiger charge is 2.14. The van der Waals surface area contributed by atoms with Gasteiger partial charge in [0.2, 0.25) is 12.7 Å². The molecule has 1 aliphatic heterocycles. The second kappa shape index (κ2) is 7.00. The van der Waals surface area contributed by atoms with Gasteiger partial charge in [-0.1, -0.05) is 6.92 Å². The summed E-state index contributed by atoms with van der Waals surface area (Å²) in [5.74, 6) is 2.09. The van der Waals surface area contributed by atoms with Crippen LogP contribution in [0.3, 0.4) is 0 Å². The number of fused-ring (bicyclic) bond motifs is 1. The molecule has 1 heterocycles. The summed E-state index contributed by atoms with van der Waals surface area (Å²) in [6, 6.07) is 5.41. The van der Waals surface area contributed by atoms with Crippen molar-refractivity contribution in [1.82, 2.24) is 10.6 Å². The number of hydrogen-bond donors (Lipinski definition) is 2. The van der Waals surface area contributed by atoms with Gasteiger partial charge in [0.1, 0.15) is 12.4 Å². The first-order valence-electron chi connectivity index (χ1n) is 6.65. The highest BCUT2D eigenvalue weighted by molar-refractivity contribution is 5.78. The van der Waals surface area contributed by atoms with Gasteiger partial charge in [-0.3, -0.25) is 4.79 Å². The summed E-state index contributed by atoms with van der Waals surface area (Å²) in [4.78, 5) is 11.7. The number of amides is 1. The maximum absolute atomic E-state index is 11.7. The van der Waals surface area contributed by atoms with E-state index in [2.05, 4.69) is 10.6 Å². The Morgan fingerprint density at radius 1 is 1.40 bits per heavy atom. The summed E-state index contributed by atoms with van der Waals surface area (Å²) >= 11 is 0. The first-order valence-corrected chi connectivity index (χ1v) is 6.65. The molecule has 110 valence electrons. The van der Waals surface area contributed by atoms with Gasteiger partial charge in [0, 0.05) is 18.5 Å². The van der Waals surface area contributed by atoms with Gasteiger partial charge in [0.15, 0.2) is 11.5 Å². The highest BCUT2D eigenvalue weighted by atomic mass is 16.7. The van der Waals surface area contributed by atoms with Crippen molar-refractivity contribution in [2.45, 2.75) is 6.92 Å². The first-order chi connectivity index (χ1) is 9.70. The van der Waals surface area contributed by atoms with Gasteiger partial charge in [0.25, 0.3) is 0 Å². The average molecular weight is 280 g/mol. The van der Waals surface area contributed by atoms with Gasteiger partial charge in [-0.05, 0) is 19.2 Å². The average Bonchev–Trinajstić information content (AvgIpc) is 2.91. The smallest absolute Gasteiger partial charge is 0.231 e. The van der Waals surface area contributed by atoms with Crippen molar-refractivity contribution in [3.05, 3.63) is 18.2 Å². The minimum Gasteiger partial charge on any atom is -0.492 e. The number of nitrogens with one attached hydrogen (secondary N) is 2. The number of benzene rings is 1. The van der Waals surface area contributed by atoms with E-state index in [-0.39, 0.29) is 18.6 Å². The molecule has 2 N–H and O–H groups in total. The summed E-state index contributed by atoms with van der Waals surface area (Å²) in [5, 5.41) is 5.80. The second-order valence-electron chi connectivity index (χ2n) is 4.61. The van der Waals surface area contributed by atoms with Crippen molar-refractivity contribution in [2.75, 3.05) is 33.5 Å². The molecule has 0 fully saturated rings. The highest BCUT2D eigenvalue weighted by Crippen LogP contribution is 2.34. The Morgan fingerprint density at radius 2 is 2.20 bits per heavy atom. The third kappa shape index (κ3) is 3.77. The summed E-state index contributed by atoms with van der Waals surface area (Å²) in [6.45, 7) is 3.68. The monoisotopic (exact) mass is 280 g/mol. The predicted molar refractivity (Wildman–Crippen MR) is 74.2 cm³/mol. The maximum atomic E-state index is 11.7. The minimum atomic E-state index is -0.0504. The lowest BCUT2D eigenvalue weighted by Crippen LogP contribution is -2.36. The van der Waals surface area contributed by atoms with Crippen molar-refractivity contribution in [2.24, 2.45) is 5.92 Å². The number of hydrogen-bond acceptors (Lipinski definition) is 5. The molecular formula is C14H20N2O4. The summed E-state index contributed by atoms with van der Waals surface area (Å²) < 4.78 is 16.0. The molecule has 0 spiro atoms. The van der Waals surface area contributed by atoms with Gasteiger partial charge < -0.3 is 24.8 Å². The van der Waals surface area contributed by atoms with Crippen LogP contribution in [0.5, 0.6) is 17.2 Å². The van der Waals surface area contributed by atoms with Gasteiger partial charge in [-0.25, -0.2) is 0 Å². The molecule has 0 saturated carbocycles. The van der Waals surface area contributed by atoms with Gasteiger partial charge in [-0.15, -0.1) is 0 Å². The van der Waals surface area contributed by atoms with E-state index in [0.717, 1.165) is 5.75 Å². The van der Waals surface area contributed by atoms with Crippen LogP contribution < -0.4 is 24.8 Å². The molecule has 1 aromatic carbocycles. The molecule has 0 radical (unpaired) electrons. The van der Waals surface area contributed by atoms with Crippen LogP contribution in [0.15, 0.2) is 18.2 Å². The van der Waals surface area contributed by atoms with E-state index >= 15 is 0 Å². The fraction of sp³-hybridized carbons (Fsp3) is 0.500. The summed E-state index contributed by atoms with van der Waals surface area (Å²) in [5.41, 5.74) is 0. The Labute approximate surface area is 118 Å². The van der Waals surface area contributed by atoms with Crippen LogP contribution in [-0.4, -0.2) is 39.4 Å². The van der Waals surface area contributed by atoms with Crippen molar-refractivity contribution >= 4 is 5.91 Å². The molecule has 6 heteroatoms. The zero-order valence-corrected chi connectivity index (χ0v) is 11.8. The van der Waals surface area contributed by atoms with E-state index in [1.807, 2.05) is 26.1 Å². The van der Waals surface area contributed by atoms with Gasteiger partial charge in [-0.2, -0.15) is 0 Å². The summed E-state index contributed by atoms with van der Waals surface area (Å²) in [7, 11) is 1.83. The number of rotatable bonds is 7. The lowest BCUT2D eigenvalue weighted by atomic mass is 10.1. The van der Waals surface area contributed by atoms with Crippen LogP contribution in [-0.2, 0) is 4.79 Å². The van der Waals surface area contributed by atoms with Crippen molar-refractivity contribution in [1.29, 1.82) is 0 Å². The number of carbonyl (C=O) groups excluding carboxylic acids is 1. The molecule has 1 aliphatic rings. The molecule has 1 amide bonds. The zero-order valence-electron chi connectivity index (χ0n) is 11.8. The molecule has 1 unspecified atom stereocenters. The standard InChI is InChI=1S/C14H20N2O4/c1-10(8-15-2)14(17)16-5-6-18-11-3-4-12-13(7-11)20-9-19-12/h3-4,7,10,15H,5-6,8-9H2,1-2H3,(H,16,17). The van der Waals surface area contributed by atoms with Crippen LogP contribution in [0, 0.1) is 5.92 Å². The zero-order chi connectivity index (χ0) is 14.4. The molecule has 6 nitrogen and oxygen atoms in total. The Hall–Kier alpha value is -1.95. The van der Waals surface area contributed by atoms with E-state index in [1.54, 1.807) is 6.07 Å². The van der Waals surface area contributed by atoms with Crippen LogP contribution in [0.1, 0.15) is 6.92 Å². The van der Waals surface area contributed by atoms with Gasteiger partial charge >= 0.3 is 0 Å². The van der Waals surface area contributed by atoms with E-state index in [9.17, 15) is 4.79 Å². The molecule has 0 aliphatic carbocycles. The van der Waals surface area contributed by atoms with Crippen LogP contribution in [0.2, 0.25) is 0 Å². The quantitative estimate of drug-likeness (QED) is 0.722. The Kier molecular flexibility index (Phi) is 5.06. The van der Waals surface area contributed by atoms with Crippen molar-refractivity contribution < 1.29 is 19.0 Å². The van der Waals surface area contributed by atoms with Crippen LogP contribution in [0.25, 0.3) is 0 Å². The lowest BCUT2D eigenvalue weighted by molar-refractivity contribution is -0.124. The van der Waals surface area contributed by atoms with Crippen LogP contribution >= 0.6 is 0 Å². The predicted octanol–water partition coefficient (Wildman–Crippen LogP) is 0.766. The SMILES string of the molecule is CNCC(C)C(=O)NCCOc1ccc2c(c1)OCO2. The molecule has 2 rings (SSSR count). The Balaban J connectivity index is 1.70. The van der Waals surface area contributed by atoms with E-state index < -0.39 is 0 Å². The fourth-order valence-electron chi connectivity index (χ4n) is 1.88. The normalized spacial score (nSPS) is 13.9. The largest absolute Gasteiger partial charge is 0.492 e. The fourth-order valence-corrected chi connectivity index (χ4v) is 1.88. The number of carbonyl (C=O) groups is 1. The maximum Gasteiger partial charge on any atom is 0.231 e. The number of ether oxygens (including phenoxy) is 3. The van der Waals surface area contributed by atoms with Gasteiger partial charge in [0.05, 0.1) is 6.54 Å². The molecular weight excluding hydrogens is 260 g/mol. The molecule has 0 saturated heterocycles. The Morgan fingerprint density at radius 3 is 3.00 bits per heavy atom. The lowest BCUT2D eigenvalue weighted by Gasteiger charge is -2.12. The molecule has 0 bridgehead atoms. The minimum absolute atomic E-state index is 0.0219. The first kappa shape index (κ1) is 14.5. The van der Waals surface area contributed by atoms with E-state index in [1.165, 1.54) is 0 Å². The molecule has 1 atom stereocenters. The van der Waals surface area contributed by atoms with E-state index in [4.69, 9.17) is 14.2 Å². The molecule has 1 aromatic rings. The third-order valence-corrected chi connectivity index (χ3v) is 2.97. The van der Waals surface area contributed by atoms with Crippen LogP contribution in [0.4, 0.5) is 0 Å². The Bertz CT molecular complexity index is 464. The van der Waals surface area contributed by atoms with Crippen molar-refractivity contribution in [3.63, 3.8) is 0 Å². The van der Waals surface area contributed by atoms with E-state index in [0.29, 0.717) is 31.2 Å².